The molecule has 0 fully saturated rings. The van der Waals surface area contributed by atoms with Crippen LogP contribution >= 0.6 is 0 Å². The smallest absolute Gasteiger partial charge is 0.251 e. The molecule has 1 atom stereocenters. The van der Waals surface area contributed by atoms with Crippen LogP contribution in [0, 0.1) is 0 Å². The molecule has 3 nitrogen and oxygen atoms in total. The van der Waals surface area contributed by atoms with E-state index < -0.39 is 0 Å². The van der Waals surface area contributed by atoms with Crippen molar-refractivity contribution in [3.8, 4) is 0 Å². The number of nitrogens with one attached hydrogen (secondary N) is 2. The number of carbonyl (C=O) groups is 1. The average molecular weight is 266 g/mol. The summed E-state index contributed by atoms with van der Waals surface area (Å²) in [5.74, 6) is -0.0175. The monoisotopic (exact) mass is 266 g/mol. The molecule has 2 N–H and O–H groups in total. The summed E-state index contributed by atoms with van der Waals surface area (Å²) < 4.78 is 0. The maximum absolute atomic E-state index is 12.3. The SMILES string of the molecule is C[C@H](NC(=O)c1ccc2c(c1)CCN2)c1ccccc1. The molecule has 3 rings (SSSR count). The van der Waals surface area contributed by atoms with Crippen molar-refractivity contribution in [1.82, 2.24) is 5.32 Å². The van der Waals surface area contributed by atoms with Gasteiger partial charge in [-0.2, -0.15) is 0 Å². The van der Waals surface area contributed by atoms with E-state index in [-0.39, 0.29) is 11.9 Å². The summed E-state index contributed by atoms with van der Waals surface area (Å²) in [6.07, 6.45) is 0.991. The van der Waals surface area contributed by atoms with Gasteiger partial charge >= 0.3 is 0 Å². The van der Waals surface area contributed by atoms with Crippen LogP contribution in [0.25, 0.3) is 0 Å². The fourth-order valence-corrected chi connectivity index (χ4v) is 2.55. The van der Waals surface area contributed by atoms with Crippen LogP contribution in [0.4, 0.5) is 5.69 Å². The molecule has 0 spiro atoms. The van der Waals surface area contributed by atoms with E-state index in [1.165, 1.54) is 5.56 Å². The van der Waals surface area contributed by atoms with Crippen LogP contribution in [-0.4, -0.2) is 12.5 Å². The van der Waals surface area contributed by atoms with Crippen LogP contribution in [0.1, 0.15) is 34.5 Å². The molecular formula is C17H18N2O. The number of carbonyl (C=O) groups excluding carboxylic acids is 1. The van der Waals surface area contributed by atoms with Crippen molar-refractivity contribution in [2.45, 2.75) is 19.4 Å². The third-order valence-electron chi connectivity index (χ3n) is 3.72. The molecule has 1 aliphatic rings. The molecule has 1 heterocycles. The number of amides is 1. The molecule has 0 aliphatic carbocycles. The number of hydrogen-bond acceptors (Lipinski definition) is 2. The van der Waals surface area contributed by atoms with Crippen molar-refractivity contribution in [3.63, 3.8) is 0 Å². The fraction of sp³-hybridized carbons (Fsp3) is 0.235. The van der Waals surface area contributed by atoms with Crippen molar-refractivity contribution < 1.29 is 4.79 Å². The fourth-order valence-electron chi connectivity index (χ4n) is 2.55. The number of anilines is 1. The molecular weight excluding hydrogens is 248 g/mol. The Balaban J connectivity index is 1.73. The Morgan fingerprint density at radius 3 is 2.80 bits per heavy atom. The summed E-state index contributed by atoms with van der Waals surface area (Å²) in [5, 5.41) is 6.35. The van der Waals surface area contributed by atoms with Crippen molar-refractivity contribution in [2.75, 3.05) is 11.9 Å². The van der Waals surface area contributed by atoms with Crippen LogP contribution in [-0.2, 0) is 6.42 Å². The largest absolute Gasteiger partial charge is 0.384 e. The molecule has 0 bridgehead atoms. The lowest BCUT2D eigenvalue weighted by molar-refractivity contribution is 0.0940. The van der Waals surface area contributed by atoms with Crippen molar-refractivity contribution in [1.29, 1.82) is 0 Å². The summed E-state index contributed by atoms with van der Waals surface area (Å²) in [5.41, 5.74) is 4.22. The maximum Gasteiger partial charge on any atom is 0.251 e. The third-order valence-corrected chi connectivity index (χ3v) is 3.72. The molecule has 1 amide bonds. The molecule has 0 saturated carbocycles. The topological polar surface area (TPSA) is 41.1 Å². The van der Waals surface area contributed by atoms with Crippen LogP contribution in [0.5, 0.6) is 0 Å². The van der Waals surface area contributed by atoms with E-state index in [9.17, 15) is 4.79 Å². The highest BCUT2D eigenvalue weighted by atomic mass is 16.1. The van der Waals surface area contributed by atoms with E-state index in [0.29, 0.717) is 0 Å². The lowest BCUT2D eigenvalue weighted by Crippen LogP contribution is -2.26. The first-order chi connectivity index (χ1) is 9.74. The highest BCUT2D eigenvalue weighted by Crippen LogP contribution is 2.23. The van der Waals surface area contributed by atoms with Gasteiger partial charge in [0.05, 0.1) is 6.04 Å². The van der Waals surface area contributed by atoms with Crippen LogP contribution in [0.3, 0.4) is 0 Å². The predicted molar refractivity (Wildman–Crippen MR) is 81.0 cm³/mol. The lowest BCUT2D eigenvalue weighted by atomic mass is 10.1. The Labute approximate surface area is 119 Å². The Bertz CT molecular complexity index is 622. The van der Waals surface area contributed by atoms with Gasteiger partial charge in [0.15, 0.2) is 0 Å². The Kier molecular flexibility index (Phi) is 3.42. The molecule has 1 aliphatic heterocycles. The van der Waals surface area contributed by atoms with Crippen molar-refractivity contribution >= 4 is 11.6 Å². The minimum absolute atomic E-state index is 0.00933. The van der Waals surface area contributed by atoms with Gasteiger partial charge in [-0.25, -0.2) is 0 Å². The normalized spacial score (nSPS) is 14.2. The zero-order valence-electron chi connectivity index (χ0n) is 11.5. The molecule has 2 aromatic carbocycles. The minimum Gasteiger partial charge on any atom is -0.384 e. The van der Waals surface area contributed by atoms with Crippen LogP contribution < -0.4 is 10.6 Å². The van der Waals surface area contributed by atoms with Crippen molar-refractivity contribution in [2.24, 2.45) is 0 Å². The average Bonchev–Trinajstić information content (AvgIpc) is 2.95. The highest BCUT2D eigenvalue weighted by Gasteiger charge is 2.15. The quantitative estimate of drug-likeness (QED) is 0.896. The first kappa shape index (κ1) is 12.7. The van der Waals surface area contributed by atoms with Crippen molar-refractivity contribution in [3.05, 3.63) is 65.2 Å². The second kappa shape index (κ2) is 5.37. The van der Waals surface area contributed by atoms with E-state index >= 15 is 0 Å². The standard InChI is InChI=1S/C17H18N2O/c1-12(13-5-3-2-4-6-13)19-17(20)15-7-8-16-14(11-15)9-10-18-16/h2-8,11-12,18H,9-10H2,1H3,(H,19,20)/t12-/m0/s1. The van der Waals surface area contributed by atoms with E-state index in [1.807, 2.05) is 55.5 Å². The Morgan fingerprint density at radius 1 is 1.20 bits per heavy atom. The lowest BCUT2D eigenvalue weighted by Gasteiger charge is -2.14. The number of fused-ring (bicyclic) bond motifs is 1. The van der Waals surface area contributed by atoms with Gasteiger partial charge in [0.2, 0.25) is 0 Å². The molecule has 102 valence electrons. The van der Waals surface area contributed by atoms with E-state index in [0.717, 1.165) is 29.8 Å². The van der Waals surface area contributed by atoms with Gasteiger partial charge in [-0.1, -0.05) is 30.3 Å². The summed E-state index contributed by atoms with van der Waals surface area (Å²) >= 11 is 0. The molecule has 0 aromatic heterocycles. The van der Waals surface area contributed by atoms with E-state index in [1.54, 1.807) is 0 Å². The first-order valence-corrected chi connectivity index (χ1v) is 6.96. The van der Waals surface area contributed by atoms with Gasteiger partial charge in [-0.15, -0.1) is 0 Å². The van der Waals surface area contributed by atoms with Crippen LogP contribution in [0.15, 0.2) is 48.5 Å². The zero-order valence-corrected chi connectivity index (χ0v) is 11.5. The van der Waals surface area contributed by atoms with Gasteiger partial charge in [0, 0.05) is 17.8 Å². The second-order valence-corrected chi connectivity index (χ2v) is 5.15. The van der Waals surface area contributed by atoms with E-state index in [4.69, 9.17) is 0 Å². The molecule has 0 saturated heterocycles. The number of hydrogen-bond donors (Lipinski definition) is 2. The molecule has 20 heavy (non-hydrogen) atoms. The Hall–Kier alpha value is -2.29. The molecule has 2 aromatic rings. The predicted octanol–water partition coefficient (Wildman–Crippen LogP) is 3.15. The Morgan fingerprint density at radius 2 is 2.00 bits per heavy atom. The third kappa shape index (κ3) is 2.52. The van der Waals surface area contributed by atoms with Crippen LogP contribution in [0.2, 0.25) is 0 Å². The maximum atomic E-state index is 12.3. The van der Waals surface area contributed by atoms with Gasteiger partial charge < -0.3 is 10.6 Å². The number of rotatable bonds is 3. The van der Waals surface area contributed by atoms with Gasteiger partial charge in [0.1, 0.15) is 0 Å². The van der Waals surface area contributed by atoms with E-state index in [2.05, 4.69) is 10.6 Å². The first-order valence-electron chi connectivity index (χ1n) is 6.96. The summed E-state index contributed by atoms with van der Waals surface area (Å²) in [4.78, 5) is 12.3. The minimum atomic E-state index is -0.0175. The molecule has 0 unspecified atom stereocenters. The summed E-state index contributed by atoms with van der Waals surface area (Å²) in [6, 6.07) is 15.9. The molecule has 3 heteroatoms. The summed E-state index contributed by atoms with van der Waals surface area (Å²) in [7, 11) is 0. The summed E-state index contributed by atoms with van der Waals surface area (Å²) in [6.45, 7) is 2.96. The van der Waals surface area contributed by atoms with Gasteiger partial charge in [0.25, 0.3) is 5.91 Å². The second-order valence-electron chi connectivity index (χ2n) is 5.15. The zero-order chi connectivity index (χ0) is 13.9. The molecule has 0 radical (unpaired) electrons. The highest BCUT2D eigenvalue weighted by molar-refractivity contribution is 5.95. The van der Waals surface area contributed by atoms with Gasteiger partial charge in [-0.05, 0) is 42.7 Å². The number of benzene rings is 2. The van der Waals surface area contributed by atoms with Gasteiger partial charge in [-0.3, -0.25) is 4.79 Å².